The Morgan fingerprint density at radius 3 is 2.56 bits per heavy atom. The average molecular weight is 545 g/mol. The number of rotatable bonds is 11. The summed E-state index contributed by atoms with van der Waals surface area (Å²) < 4.78 is 12.4. The van der Waals surface area contributed by atoms with Crippen molar-refractivity contribution < 1.29 is 9.47 Å². The maximum absolute atomic E-state index is 13.7. The van der Waals surface area contributed by atoms with Crippen molar-refractivity contribution in [2.24, 2.45) is 0 Å². The fourth-order valence-corrected chi connectivity index (χ4v) is 4.87. The SMILES string of the molecule is COCCn1nnnc1C(c1cc2cc(OC)ccc2[nH]c1=O)N(Cc1ccccc1)Cc1ccccc1Cl. The highest BCUT2D eigenvalue weighted by molar-refractivity contribution is 6.31. The zero-order chi connectivity index (χ0) is 27.2. The third-order valence-electron chi connectivity index (χ3n) is 6.61. The van der Waals surface area contributed by atoms with Crippen molar-refractivity contribution in [1.82, 2.24) is 30.1 Å². The van der Waals surface area contributed by atoms with Crippen LogP contribution >= 0.6 is 11.6 Å². The van der Waals surface area contributed by atoms with Gasteiger partial charge in [-0.3, -0.25) is 9.69 Å². The number of benzene rings is 3. The molecule has 5 rings (SSSR count). The van der Waals surface area contributed by atoms with Crippen LogP contribution in [0.25, 0.3) is 10.9 Å². The Morgan fingerprint density at radius 2 is 1.79 bits per heavy atom. The fourth-order valence-electron chi connectivity index (χ4n) is 4.68. The van der Waals surface area contributed by atoms with Gasteiger partial charge in [0.15, 0.2) is 5.82 Å². The molecule has 0 fully saturated rings. The van der Waals surface area contributed by atoms with Gasteiger partial charge in [-0.25, -0.2) is 4.68 Å². The lowest BCUT2D eigenvalue weighted by molar-refractivity contribution is 0.169. The van der Waals surface area contributed by atoms with Crippen LogP contribution in [0.3, 0.4) is 0 Å². The maximum atomic E-state index is 13.7. The number of tetrazole rings is 1. The van der Waals surface area contributed by atoms with Crippen molar-refractivity contribution in [3.8, 4) is 5.75 Å². The molecule has 10 heteroatoms. The van der Waals surface area contributed by atoms with Crippen LogP contribution < -0.4 is 10.3 Å². The quantitative estimate of drug-likeness (QED) is 0.259. The molecule has 0 amide bonds. The van der Waals surface area contributed by atoms with Crippen molar-refractivity contribution in [3.63, 3.8) is 0 Å². The standard InChI is InChI=1S/C29H29ClN6O3/c1-38-15-14-36-28(32-33-34-36)27(24-17-22-16-23(39-2)12-13-26(22)31-29(24)37)35(18-20-8-4-3-5-9-20)19-21-10-6-7-11-25(21)30/h3-13,16-17,27H,14-15,18-19H2,1-2H3,(H,31,37). The second kappa shape index (κ2) is 12.2. The molecule has 0 aliphatic heterocycles. The fraction of sp³-hybridized carbons (Fsp3) is 0.241. The number of aromatic nitrogens is 5. The molecular formula is C29H29ClN6O3. The highest BCUT2D eigenvalue weighted by Crippen LogP contribution is 2.32. The third kappa shape index (κ3) is 6.01. The van der Waals surface area contributed by atoms with Crippen LogP contribution in [0, 0.1) is 0 Å². The smallest absolute Gasteiger partial charge is 0.253 e. The highest BCUT2D eigenvalue weighted by atomic mass is 35.5. The predicted octanol–water partition coefficient (Wildman–Crippen LogP) is 4.61. The first kappa shape index (κ1) is 26.6. The summed E-state index contributed by atoms with van der Waals surface area (Å²) in [7, 11) is 3.24. The number of nitrogens with zero attached hydrogens (tertiary/aromatic N) is 5. The minimum Gasteiger partial charge on any atom is -0.497 e. The van der Waals surface area contributed by atoms with E-state index in [4.69, 9.17) is 21.1 Å². The Hall–Kier alpha value is -4.05. The van der Waals surface area contributed by atoms with Gasteiger partial charge < -0.3 is 14.5 Å². The minimum absolute atomic E-state index is 0.226. The first-order chi connectivity index (χ1) is 19.1. The van der Waals surface area contributed by atoms with E-state index in [1.807, 2.05) is 66.7 Å². The van der Waals surface area contributed by atoms with Gasteiger partial charge in [0.25, 0.3) is 5.56 Å². The molecule has 2 heterocycles. The molecule has 0 aliphatic carbocycles. The molecule has 2 aromatic heterocycles. The zero-order valence-corrected chi connectivity index (χ0v) is 22.5. The number of H-pyrrole nitrogens is 1. The monoisotopic (exact) mass is 544 g/mol. The minimum atomic E-state index is -0.604. The Balaban J connectivity index is 1.70. The summed E-state index contributed by atoms with van der Waals surface area (Å²) in [6, 6.07) is 24.6. The van der Waals surface area contributed by atoms with Crippen molar-refractivity contribution in [3.05, 3.63) is 117 Å². The van der Waals surface area contributed by atoms with E-state index in [1.165, 1.54) is 0 Å². The molecular weight excluding hydrogens is 516 g/mol. The number of hydrogen-bond acceptors (Lipinski definition) is 7. The first-order valence-corrected chi connectivity index (χ1v) is 12.9. The Morgan fingerprint density at radius 1 is 1.00 bits per heavy atom. The van der Waals surface area contributed by atoms with Crippen molar-refractivity contribution in [1.29, 1.82) is 0 Å². The van der Waals surface area contributed by atoms with E-state index in [9.17, 15) is 4.79 Å². The van der Waals surface area contributed by atoms with Crippen LogP contribution in [0.2, 0.25) is 5.02 Å². The van der Waals surface area contributed by atoms with Crippen LogP contribution in [0.5, 0.6) is 5.75 Å². The van der Waals surface area contributed by atoms with E-state index >= 15 is 0 Å². The molecule has 0 bridgehead atoms. The number of fused-ring (bicyclic) bond motifs is 1. The molecule has 0 spiro atoms. The highest BCUT2D eigenvalue weighted by Gasteiger charge is 2.31. The maximum Gasteiger partial charge on any atom is 0.253 e. The second-order valence-corrected chi connectivity index (χ2v) is 9.55. The number of hydrogen-bond donors (Lipinski definition) is 1. The summed E-state index contributed by atoms with van der Waals surface area (Å²) in [6.07, 6.45) is 0. The first-order valence-electron chi connectivity index (χ1n) is 12.5. The number of aromatic amines is 1. The Kier molecular flexibility index (Phi) is 8.31. The Bertz CT molecular complexity index is 1600. The van der Waals surface area contributed by atoms with Crippen LogP contribution in [0.4, 0.5) is 0 Å². The number of methoxy groups -OCH3 is 2. The van der Waals surface area contributed by atoms with E-state index in [0.717, 1.165) is 16.5 Å². The molecule has 200 valence electrons. The lowest BCUT2D eigenvalue weighted by Crippen LogP contribution is -2.35. The van der Waals surface area contributed by atoms with Gasteiger partial charge in [0.05, 0.1) is 20.3 Å². The van der Waals surface area contributed by atoms with Crippen LogP contribution in [0.15, 0.2) is 83.7 Å². The summed E-state index contributed by atoms with van der Waals surface area (Å²) in [5.74, 6) is 1.22. The lowest BCUT2D eigenvalue weighted by Gasteiger charge is -2.31. The third-order valence-corrected chi connectivity index (χ3v) is 6.98. The summed E-state index contributed by atoms with van der Waals surface area (Å²) in [5.41, 5.74) is 2.99. The molecule has 0 aliphatic rings. The van der Waals surface area contributed by atoms with Crippen molar-refractivity contribution in [2.75, 3.05) is 20.8 Å². The van der Waals surface area contributed by atoms with Crippen LogP contribution in [-0.4, -0.2) is 50.9 Å². The summed E-state index contributed by atoms with van der Waals surface area (Å²) in [4.78, 5) is 18.9. The summed E-state index contributed by atoms with van der Waals surface area (Å²) >= 11 is 6.62. The summed E-state index contributed by atoms with van der Waals surface area (Å²) in [6.45, 7) is 1.81. The van der Waals surface area contributed by atoms with E-state index in [1.54, 1.807) is 18.9 Å². The molecule has 3 aromatic carbocycles. The van der Waals surface area contributed by atoms with Gasteiger partial charge >= 0.3 is 0 Å². The number of halogens is 1. The summed E-state index contributed by atoms with van der Waals surface area (Å²) in [5, 5.41) is 14.1. The number of ether oxygens (including phenoxy) is 2. The molecule has 1 unspecified atom stereocenters. The van der Waals surface area contributed by atoms with Gasteiger partial charge in [0.1, 0.15) is 11.8 Å². The van der Waals surface area contributed by atoms with E-state index < -0.39 is 6.04 Å². The van der Waals surface area contributed by atoms with Gasteiger partial charge in [-0.15, -0.1) is 5.10 Å². The van der Waals surface area contributed by atoms with E-state index in [-0.39, 0.29) is 5.56 Å². The van der Waals surface area contributed by atoms with E-state index in [2.05, 4.69) is 37.5 Å². The van der Waals surface area contributed by atoms with Crippen molar-refractivity contribution in [2.45, 2.75) is 25.7 Å². The topological polar surface area (TPSA) is 98.2 Å². The van der Waals surface area contributed by atoms with Crippen molar-refractivity contribution >= 4 is 22.5 Å². The largest absolute Gasteiger partial charge is 0.497 e. The van der Waals surface area contributed by atoms with Gasteiger partial charge in [-0.1, -0.05) is 60.1 Å². The number of pyridine rings is 1. The van der Waals surface area contributed by atoms with Gasteiger partial charge in [0.2, 0.25) is 0 Å². The molecule has 0 radical (unpaired) electrons. The Labute approximate surface area is 230 Å². The molecule has 1 atom stereocenters. The molecule has 39 heavy (non-hydrogen) atoms. The van der Waals surface area contributed by atoms with Gasteiger partial charge in [-0.2, -0.15) is 0 Å². The normalized spacial score (nSPS) is 12.2. The molecule has 0 saturated heterocycles. The molecule has 9 nitrogen and oxygen atoms in total. The number of nitrogens with one attached hydrogen (secondary N) is 1. The van der Waals surface area contributed by atoms with E-state index in [0.29, 0.717) is 53.9 Å². The zero-order valence-electron chi connectivity index (χ0n) is 21.8. The van der Waals surface area contributed by atoms with Crippen LogP contribution in [0.1, 0.15) is 28.6 Å². The van der Waals surface area contributed by atoms with Gasteiger partial charge in [-0.05, 0) is 51.9 Å². The van der Waals surface area contributed by atoms with Gasteiger partial charge in [0, 0.05) is 41.7 Å². The predicted molar refractivity (Wildman–Crippen MR) is 150 cm³/mol. The average Bonchev–Trinajstić information content (AvgIpc) is 3.41. The lowest BCUT2D eigenvalue weighted by atomic mass is 10.0. The van der Waals surface area contributed by atoms with Crippen LogP contribution in [-0.2, 0) is 24.4 Å². The molecule has 0 saturated carbocycles. The second-order valence-electron chi connectivity index (χ2n) is 9.14. The molecule has 5 aromatic rings. The molecule has 1 N–H and O–H groups in total.